The minimum absolute atomic E-state index is 0.0386. The van der Waals surface area contributed by atoms with Crippen LogP contribution in [0.3, 0.4) is 0 Å². The summed E-state index contributed by atoms with van der Waals surface area (Å²) >= 11 is 0. The second-order valence-corrected chi connectivity index (χ2v) is 6.63. The molecule has 1 aliphatic rings. The molecule has 0 bridgehead atoms. The molecule has 1 fully saturated rings. The Hall–Kier alpha value is -2.28. The molecule has 144 valence electrons. The number of likely N-dealkylation sites (N-methyl/N-ethyl adjacent to an activating group) is 1. The molecule has 0 saturated carbocycles. The van der Waals surface area contributed by atoms with E-state index in [9.17, 15) is 4.79 Å². The Morgan fingerprint density at radius 2 is 2.15 bits per heavy atom. The number of carbonyl (C=O) groups is 1. The first-order valence-electron chi connectivity index (χ1n) is 9.22. The Kier molecular flexibility index (Phi) is 8.21. The number of nitrogens with one attached hydrogen (secondary N) is 2. The highest BCUT2D eigenvalue weighted by Gasteiger charge is 2.24. The molecule has 0 aromatic carbocycles. The molecular formula is C19H31N5O2. The number of carbonyl (C=O) groups excluding carboxylic acids is 1. The highest BCUT2D eigenvalue weighted by Crippen LogP contribution is 2.24. The Labute approximate surface area is 156 Å². The summed E-state index contributed by atoms with van der Waals surface area (Å²) in [7, 11) is 3.46. The average molecular weight is 361 g/mol. The highest BCUT2D eigenvalue weighted by molar-refractivity contribution is 5.84. The topological polar surface area (TPSA) is 73.1 Å². The van der Waals surface area contributed by atoms with Crippen LogP contribution >= 0.6 is 0 Å². The fraction of sp³-hybridized carbons (Fsp3) is 0.579. The van der Waals surface area contributed by atoms with Crippen molar-refractivity contribution < 1.29 is 9.21 Å². The number of piperidine rings is 1. The minimum atomic E-state index is -0.0386. The molecule has 1 aliphatic heterocycles. The Balaban J connectivity index is 2.02. The first-order chi connectivity index (χ1) is 12.6. The number of hydrogen-bond acceptors (Lipinski definition) is 4. The van der Waals surface area contributed by atoms with E-state index in [1.165, 1.54) is 24.2 Å². The number of amides is 1. The van der Waals surface area contributed by atoms with E-state index in [-0.39, 0.29) is 18.5 Å². The fourth-order valence-corrected chi connectivity index (χ4v) is 2.95. The lowest BCUT2D eigenvalue weighted by molar-refractivity contribution is -0.127. The summed E-state index contributed by atoms with van der Waals surface area (Å²) in [6, 6.07) is 4.09. The molecule has 1 unspecified atom stereocenters. The van der Waals surface area contributed by atoms with E-state index in [1.807, 2.05) is 12.1 Å². The second kappa shape index (κ2) is 10.7. The number of guanidine groups is 1. The highest BCUT2D eigenvalue weighted by atomic mass is 16.3. The van der Waals surface area contributed by atoms with Gasteiger partial charge in [0.2, 0.25) is 5.91 Å². The van der Waals surface area contributed by atoms with Crippen LogP contribution in [0.4, 0.5) is 0 Å². The van der Waals surface area contributed by atoms with E-state index in [0.29, 0.717) is 19.0 Å². The zero-order chi connectivity index (χ0) is 18.8. The van der Waals surface area contributed by atoms with Crippen LogP contribution in [-0.4, -0.2) is 68.5 Å². The molecule has 0 aliphatic carbocycles. The van der Waals surface area contributed by atoms with E-state index in [0.717, 1.165) is 18.8 Å². The molecule has 2 N–H and O–H groups in total. The molecule has 26 heavy (non-hydrogen) atoms. The van der Waals surface area contributed by atoms with Crippen LogP contribution in [0, 0.1) is 0 Å². The third-order valence-electron chi connectivity index (χ3n) is 4.45. The number of rotatable bonds is 8. The van der Waals surface area contributed by atoms with Crippen LogP contribution < -0.4 is 10.6 Å². The number of aliphatic imine (C=N–C) groups is 1. The third kappa shape index (κ3) is 6.22. The molecule has 0 spiro atoms. The molecule has 1 amide bonds. The number of hydrogen-bond donors (Lipinski definition) is 2. The van der Waals surface area contributed by atoms with Crippen LogP contribution in [0.15, 0.2) is 40.5 Å². The molecule has 0 radical (unpaired) electrons. The maximum Gasteiger partial charge on any atom is 0.243 e. The largest absolute Gasteiger partial charge is 0.468 e. The van der Waals surface area contributed by atoms with Gasteiger partial charge in [-0.3, -0.25) is 9.69 Å². The van der Waals surface area contributed by atoms with E-state index >= 15 is 0 Å². The molecule has 1 aromatic rings. The average Bonchev–Trinajstić information content (AvgIpc) is 3.18. The molecule has 1 aromatic heterocycles. The van der Waals surface area contributed by atoms with Crippen molar-refractivity contribution in [2.75, 3.05) is 46.8 Å². The van der Waals surface area contributed by atoms with E-state index in [4.69, 9.17) is 4.42 Å². The van der Waals surface area contributed by atoms with Crippen molar-refractivity contribution >= 4 is 11.9 Å². The lowest BCUT2D eigenvalue weighted by atomic mass is 10.1. The van der Waals surface area contributed by atoms with Crippen LogP contribution in [0.5, 0.6) is 0 Å². The fourth-order valence-electron chi connectivity index (χ4n) is 2.95. The maximum atomic E-state index is 11.8. The van der Waals surface area contributed by atoms with Gasteiger partial charge in [-0.15, -0.1) is 6.58 Å². The van der Waals surface area contributed by atoms with E-state index in [2.05, 4.69) is 27.1 Å². The summed E-state index contributed by atoms with van der Waals surface area (Å²) < 4.78 is 5.67. The molecular weight excluding hydrogens is 330 g/mol. The van der Waals surface area contributed by atoms with Gasteiger partial charge in [0.05, 0.1) is 12.3 Å². The lowest BCUT2D eigenvalue weighted by Gasteiger charge is -2.33. The molecule has 1 atom stereocenters. The molecule has 7 nitrogen and oxygen atoms in total. The normalized spacial score (nSPS) is 16.8. The van der Waals surface area contributed by atoms with Crippen molar-refractivity contribution in [3.63, 3.8) is 0 Å². The van der Waals surface area contributed by atoms with Gasteiger partial charge < -0.3 is 20.0 Å². The summed E-state index contributed by atoms with van der Waals surface area (Å²) in [4.78, 5) is 20.2. The van der Waals surface area contributed by atoms with E-state index in [1.54, 1.807) is 26.4 Å². The van der Waals surface area contributed by atoms with Crippen molar-refractivity contribution in [1.82, 2.24) is 20.4 Å². The van der Waals surface area contributed by atoms with Gasteiger partial charge in [0.25, 0.3) is 0 Å². The summed E-state index contributed by atoms with van der Waals surface area (Å²) in [6.07, 6.45) is 7.19. The van der Waals surface area contributed by atoms with Crippen molar-refractivity contribution in [3.8, 4) is 0 Å². The van der Waals surface area contributed by atoms with Gasteiger partial charge >= 0.3 is 0 Å². The van der Waals surface area contributed by atoms with Gasteiger partial charge in [-0.05, 0) is 38.1 Å². The predicted molar refractivity (Wildman–Crippen MR) is 104 cm³/mol. The van der Waals surface area contributed by atoms with Gasteiger partial charge in [-0.1, -0.05) is 12.5 Å². The van der Waals surface area contributed by atoms with Crippen molar-refractivity contribution in [3.05, 3.63) is 36.8 Å². The summed E-state index contributed by atoms with van der Waals surface area (Å²) in [6.45, 7) is 7.20. The van der Waals surface area contributed by atoms with Gasteiger partial charge in [0, 0.05) is 27.2 Å². The zero-order valence-corrected chi connectivity index (χ0v) is 15.9. The number of furan rings is 1. The van der Waals surface area contributed by atoms with Crippen LogP contribution in [0.1, 0.15) is 31.1 Å². The van der Waals surface area contributed by atoms with Gasteiger partial charge in [-0.2, -0.15) is 0 Å². The number of likely N-dealkylation sites (tertiary alicyclic amines) is 1. The molecule has 2 rings (SSSR count). The zero-order valence-electron chi connectivity index (χ0n) is 15.9. The summed E-state index contributed by atoms with van der Waals surface area (Å²) in [5.74, 6) is 1.52. The van der Waals surface area contributed by atoms with Gasteiger partial charge in [0.15, 0.2) is 5.96 Å². The van der Waals surface area contributed by atoms with Gasteiger partial charge in [-0.25, -0.2) is 4.99 Å². The van der Waals surface area contributed by atoms with Gasteiger partial charge in [0.1, 0.15) is 12.3 Å². The molecule has 2 heterocycles. The maximum absolute atomic E-state index is 11.8. The van der Waals surface area contributed by atoms with Crippen LogP contribution in [0.25, 0.3) is 0 Å². The SMILES string of the molecule is C=CCNC(=NCC(=O)N(C)C)NCC(c1ccco1)N1CCCCC1. The minimum Gasteiger partial charge on any atom is -0.468 e. The quantitative estimate of drug-likeness (QED) is 0.418. The Bertz CT molecular complexity index is 577. The van der Waals surface area contributed by atoms with Crippen molar-refractivity contribution in [2.24, 2.45) is 4.99 Å². The summed E-state index contributed by atoms with van der Waals surface area (Å²) in [5.41, 5.74) is 0. The standard InChI is InChI=1S/C19H31N5O2/c1-4-10-20-19(22-15-18(25)23(2)3)21-14-16(17-9-8-13-26-17)24-11-6-5-7-12-24/h4,8-9,13,16H,1,5-7,10-12,14-15H2,2-3H3,(H2,20,21,22). The number of nitrogens with zero attached hydrogens (tertiary/aromatic N) is 3. The second-order valence-electron chi connectivity index (χ2n) is 6.63. The molecule has 7 heteroatoms. The first kappa shape index (κ1) is 20.0. The van der Waals surface area contributed by atoms with Crippen molar-refractivity contribution in [2.45, 2.75) is 25.3 Å². The lowest BCUT2D eigenvalue weighted by Crippen LogP contribution is -2.44. The Morgan fingerprint density at radius 3 is 2.77 bits per heavy atom. The van der Waals surface area contributed by atoms with E-state index < -0.39 is 0 Å². The Morgan fingerprint density at radius 1 is 1.38 bits per heavy atom. The monoisotopic (exact) mass is 361 g/mol. The predicted octanol–water partition coefficient (Wildman–Crippen LogP) is 1.62. The third-order valence-corrected chi connectivity index (χ3v) is 4.45. The molecule has 1 saturated heterocycles. The van der Waals surface area contributed by atoms with Crippen molar-refractivity contribution in [1.29, 1.82) is 0 Å². The summed E-state index contributed by atoms with van der Waals surface area (Å²) in [5, 5.41) is 6.52. The van der Waals surface area contributed by atoms with Crippen LogP contribution in [0.2, 0.25) is 0 Å². The first-order valence-corrected chi connectivity index (χ1v) is 9.22. The smallest absolute Gasteiger partial charge is 0.243 e. The van der Waals surface area contributed by atoms with Crippen LogP contribution in [-0.2, 0) is 4.79 Å².